The summed E-state index contributed by atoms with van der Waals surface area (Å²) < 4.78 is 4.99. The third-order valence-electron chi connectivity index (χ3n) is 2.83. The first-order valence-corrected chi connectivity index (χ1v) is 6.33. The van der Waals surface area contributed by atoms with E-state index < -0.39 is 11.9 Å². The molecule has 0 aliphatic heterocycles. The van der Waals surface area contributed by atoms with Crippen LogP contribution in [0.25, 0.3) is 0 Å². The molecule has 0 aromatic heterocycles. The molecule has 0 aromatic rings. The van der Waals surface area contributed by atoms with Crippen LogP contribution in [0.5, 0.6) is 0 Å². The standard InChI is InChI=1S/C13H25NO3/c1-6-8-9-10(3)11(12(15)14(4)5)13(16)17-7-2/h10-11H,6-9H2,1-5H3. The Morgan fingerprint density at radius 3 is 2.24 bits per heavy atom. The molecular formula is C13H25NO3. The van der Waals surface area contributed by atoms with Crippen molar-refractivity contribution >= 4 is 11.9 Å². The topological polar surface area (TPSA) is 46.6 Å². The van der Waals surface area contributed by atoms with Gasteiger partial charge in [-0.15, -0.1) is 0 Å². The van der Waals surface area contributed by atoms with Crippen LogP contribution in [-0.2, 0) is 14.3 Å². The molecule has 100 valence electrons. The summed E-state index contributed by atoms with van der Waals surface area (Å²) in [5, 5.41) is 0. The quantitative estimate of drug-likeness (QED) is 0.508. The van der Waals surface area contributed by atoms with E-state index >= 15 is 0 Å². The third-order valence-corrected chi connectivity index (χ3v) is 2.83. The molecule has 17 heavy (non-hydrogen) atoms. The van der Waals surface area contributed by atoms with Crippen molar-refractivity contribution in [3.8, 4) is 0 Å². The van der Waals surface area contributed by atoms with Crippen LogP contribution in [0.2, 0.25) is 0 Å². The van der Waals surface area contributed by atoms with Crippen molar-refractivity contribution in [3.05, 3.63) is 0 Å². The van der Waals surface area contributed by atoms with Crippen molar-refractivity contribution in [3.63, 3.8) is 0 Å². The fraction of sp³-hybridized carbons (Fsp3) is 0.846. The van der Waals surface area contributed by atoms with E-state index in [1.54, 1.807) is 21.0 Å². The van der Waals surface area contributed by atoms with Crippen LogP contribution in [0.3, 0.4) is 0 Å². The van der Waals surface area contributed by atoms with Gasteiger partial charge in [0.2, 0.25) is 5.91 Å². The summed E-state index contributed by atoms with van der Waals surface area (Å²) in [7, 11) is 3.34. The molecule has 0 aliphatic rings. The third kappa shape index (κ3) is 5.20. The minimum Gasteiger partial charge on any atom is -0.465 e. The molecule has 0 saturated carbocycles. The van der Waals surface area contributed by atoms with Crippen LogP contribution in [0.1, 0.15) is 40.0 Å². The van der Waals surface area contributed by atoms with Gasteiger partial charge in [0.1, 0.15) is 5.92 Å². The molecule has 4 heteroatoms. The number of amides is 1. The van der Waals surface area contributed by atoms with E-state index in [1.807, 2.05) is 6.92 Å². The zero-order valence-electron chi connectivity index (χ0n) is 11.7. The lowest BCUT2D eigenvalue weighted by molar-refractivity contribution is -0.157. The molecule has 0 heterocycles. The predicted octanol–water partition coefficient (Wildman–Crippen LogP) is 2.08. The molecule has 0 saturated heterocycles. The van der Waals surface area contributed by atoms with Crippen molar-refractivity contribution in [2.45, 2.75) is 40.0 Å². The van der Waals surface area contributed by atoms with Gasteiger partial charge in [-0.2, -0.15) is 0 Å². The van der Waals surface area contributed by atoms with E-state index in [2.05, 4.69) is 6.92 Å². The first-order valence-electron chi connectivity index (χ1n) is 6.33. The largest absolute Gasteiger partial charge is 0.465 e. The smallest absolute Gasteiger partial charge is 0.318 e. The van der Waals surface area contributed by atoms with Gasteiger partial charge in [-0.25, -0.2) is 0 Å². The molecular weight excluding hydrogens is 218 g/mol. The monoisotopic (exact) mass is 243 g/mol. The summed E-state index contributed by atoms with van der Waals surface area (Å²) in [6.07, 6.45) is 2.97. The molecule has 0 fully saturated rings. The predicted molar refractivity (Wildman–Crippen MR) is 67.5 cm³/mol. The van der Waals surface area contributed by atoms with E-state index in [0.29, 0.717) is 6.61 Å². The van der Waals surface area contributed by atoms with Gasteiger partial charge in [0.05, 0.1) is 6.61 Å². The second kappa shape index (κ2) is 8.09. The van der Waals surface area contributed by atoms with Gasteiger partial charge in [0.15, 0.2) is 0 Å². The van der Waals surface area contributed by atoms with Crippen molar-refractivity contribution in [2.75, 3.05) is 20.7 Å². The molecule has 0 aromatic carbocycles. The average molecular weight is 243 g/mol. The number of carbonyl (C=O) groups is 2. The first kappa shape index (κ1) is 15.9. The zero-order valence-corrected chi connectivity index (χ0v) is 11.7. The van der Waals surface area contributed by atoms with Gasteiger partial charge in [-0.3, -0.25) is 9.59 Å². The maximum absolute atomic E-state index is 12.0. The van der Waals surface area contributed by atoms with Crippen molar-refractivity contribution in [2.24, 2.45) is 11.8 Å². The lowest BCUT2D eigenvalue weighted by Crippen LogP contribution is -2.39. The van der Waals surface area contributed by atoms with Crippen molar-refractivity contribution < 1.29 is 14.3 Å². The number of hydrogen-bond donors (Lipinski definition) is 0. The van der Waals surface area contributed by atoms with E-state index in [0.717, 1.165) is 19.3 Å². The maximum atomic E-state index is 12.0. The van der Waals surface area contributed by atoms with Crippen molar-refractivity contribution in [1.29, 1.82) is 0 Å². The summed E-state index contributed by atoms with van der Waals surface area (Å²) >= 11 is 0. The number of esters is 1. The molecule has 0 spiro atoms. The number of rotatable bonds is 7. The van der Waals surface area contributed by atoms with E-state index in [1.165, 1.54) is 4.90 Å². The van der Waals surface area contributed by atoms with Crippen LogP contribution >= 0.6 is 0 Å². The SMILES string of the molecule is CCCCC(C)C(C(=O)OCC)C(=O)N(C)C. The van der Waals surface area contributed by atoms with Crippen molar-refractivity contribution in [1.82, 2.24) is 4.90 Å². The molecule has 0 bridgehead atoms. The highest BCUT2D eigenvalue weighted by Gasteiger charge is 2.34. The summed E-state index contributed by atoms with van der Waals surface area (Å²) in [4.78, 5) is 25.3. The highest BCUT2D eigenvalue weighted by Crippen LogP contribution is 2.21. The highest BCUT2D eigenvalue weighted by molar-refractivity contribution is 5.97. The second-order valence-electron chi connectivity index (χ2n) is 4.58. The lowest BCUT2D eigenvalue weighted by Gasteiger charge is -2.24. The highest BCUT2D eigenvalue weighted by atomic mass is 16.5. The molecule has 0 aliphatic carbocycles. The van der Waals surface area contributed by atoms with Gasteiger partial charge >= 0.3 is 5.97 Å². The molecule has 2 atom stereocenters. The first-order chi connectivity index (χ1) is 7.95. The summed E-state index contributed by atoms with van der Waals surface area (Å²) in [6, 6.07) is 0. The van der Waals surface area contributed by atoms with Crippen LogP contribution in [-0.4, -0.2) is 37.5 Å². The van der Waals surface area contributed by atoms with Gasteiger partial charge in [-0.05, 0) is 19.3 Å². The van der Waals surface area contributed by atoms with Crippen LogP contribution in [0.15, 0.2) is 0 Å². The lowest BCUT2D eigenvalue weighted by atomic mass is 9.88. The Balaban J connectivity index is 4.71. The minimum absolute atomic E-state index is 0.0314. The molecule has 2 unspecified atom stereocenters. The van der Waals surface area contributed by atoms with E-state index in [-0.39, 0.29) is 11.8 Å². The summed E-state index contributed by atoms with van der Waals surface area (Å²) in [5.41, 5.74) is 0. The van der Waals surface area contributed by atoms with Gasteiger partial charge < -0.3 is 9.64 Å². The fourth-order valence-corrected chi connectivity index (χ4v) is 1.78. The number of unbranched alkanes of at least 4 members (excludes halogenated alkanes) is 1. The Kier molecular flexibility index (Phi) is 7.59. The number of ether oxygens (including phenoxy) is 1. The fourth-order valence-electron chi connectivity index (χ4n) is 1.78. The maximum Gasteiger partial charge on any atom is 0.318 e. The summed E-state index contributed by atoms with van der Waals surface area (Å²) in [5.74, 6) is -1.18. The Labute approximate surface area is 104 Å². The minimum atomic E-state index is -0.656. The van der Waals surface area contributed by atoms with Gasteiger partial charge in [-0.1, -0.05) is 26.7 Å². The zero-order chi connectivity index (χ0) is 13.4. The normalized spacial score (nSPS) is 13.9. The number of hydrogen-bond acceptors (Lipinski definition) is 3. The molecule has 0 rings (SSSR count). The van der Waals surface area contributed by atoms with Crippen LogP contribution in [0.4, 0.5) is 0 Å². The molecule has 0 radical (unpaired) electrons. The molecule has 0 N–H and O–H groups in total. The van der Waals surface area contributed by atoms with E-state index in [4.69, 9.17) is 4.74 Å². The van der Waals surface area contributed by atoms with Gasteiger partial charge in [0.25, 0.3) is 0 Å². The Bertz CT molecular complexity index is 251. The molecule has 4 nitrogen and oxygen atoms in total. The molecule has 1 amide bonds. The van der Waals surface area contributed by atoms with Gasteiger partial charge in [0, 0.05) is 14.1 Å². The number of carbonyl (C=O) groups excluding carboxylic acids is 2. The Morgan fingerprint density at radius 1 is 1.24 bits per heavy atom. The van der Waals surface area contributed by atoms with E-state index in [9.17, 15) is 9.59 Å². The Morgan fingerprint density at radius 2 is 1.82 bits per heavy atom. The Hall–Kier alpha value is -1.06. The van der Waals surface area contributed by atoms with Crippen LogP contribution in [0, 0.1) is 11.8 Å². The van der Waals surface area contributed by atoms with Crippen LogP contribution < -0.4 is 0 Å². The summed E-state index contributed by atoms with van der Waals surface area (Å²) in [6.45, 7) is 6.11. The second-order valence-corrected chi connectivity index (χ2v) is 4.58. The number of nitrogens with zero attached hydrogens (tertiary/aromatic N) is 1. The average Bonchev–Trinajstić information content (AvgIpc) is 2.26.